The van der Waals surface area contributed by atoms with E-state index in [-0.39, 0.29) is 5.82 Å². The fourth-order valence-electron chi connectivity index (χ4n) is 3.31. The fourth-order valence-corrected chi connectivity index (χ4v) is 3.31. The molecule has 4 aromatic rings. The van der Waals surface area contributed by atoms with E-state index in [4.69, 9.17) is 0 Å². The van der Waals surface area contributed by atoms with E-state index in [1.165, 1.54) is 12.1 Å². The highest BCUT2D eigenvalue weighted by molar-refractivity contribution is 5.90. The van der Waals surface area contributed by atoms with Crippen molar-refractivity contribution in [3.05, 3.63) is 83.2 Å². The fraction of sp³-hybridized carbons (Fsp3) is 0.0909. The summed E-state index contributed by atoms with van der Waals surface area (Å²) >= 11 is 0. The van der Waals surface area contributed by atoms with Gasteiger partial charge in [0.25, 0.3) is 0 Å². The lowest BCUT2D eigenvalue weighted by Gasteiger charge is -2.09. The van der Waals surface area contributed by atoms with Crippen LogP contribution in [0.5, 0.6) is 0 Å². The first kappa shape index (κ1) is 16.8. The van der Waals surface area contributed by atoms with Crippen LogP contribution in [0, 0.1) is 31.0 Å². The molecule has 0 aliphatic heterocycles. The van der Waals surface area contributed by atoms with Crippen molar-refractivity contribution >= 4 is 22.7 Å². The lowest BCUT2D eigenvalue weighted by atomic mass is 10.1. The van der Waals surface area contributed by atoms with Gasteiger partial charge in [0.15, 0.2) is 0 Å². The molecule has 0 unspecified atom stereocenters. The van der Waals surface area contributed by atoms with Gasteiger partial charge in [0.2, 0.25) is 0 Å². The monoisotopic (exact) mass is 356 g/mol. The molecule has 0 saturated carbocycles. The van der Waals surface area contributed by atoms with E-state index < -0.39 is 0 Å². The Morgan fingerprint density at radius 3 is 2.59 bits per heavy atom. The van der Waals surface area contributed by atoms with Crippen molar-refractivity contribution in [1.82, 2.24) is 14.5 Å². The molecular weight excluding hydrogens is 339 g/mol. The number of rotatable bonds is 3. The van der Waals surface area contributed by atoms with Gasteiger partial charge in [0.1, 0.15) is 17.7 Å². The summed E-state index contributed by atoms with van der Waals surface area (Å²) in [6.07, 6.45) is 1.83. The lowest BCUT2D eigenvalue weighted by molar-refractivity contribution is 0.627. The topological polar surface area (TPSA) is 57.4 Å². The first-order valence-corrected chi connectivity index (χ1v) is 8.58. The van der Waals surface area contributed by atoms with Crippen LogP contribution in [0.25, 0.3) is 28.4 Å². The SMILES string of the molecule is Cc1cc(C=C(C#N)c2nc3ccccc3[nH]2)c(C)n1-c1ccc(F)cc1. The van der Waals surface area contributed by atoms with Crippen LogP contribution in [0.15, 0.2) is 54.6 Å². The molecule has 4 rings (SSSR count). The predicted octanol–water partition coefficient (Wildman–Crippen LogP) is 5.17. The number of halogens is 1. The zero-order valence-electron chi connectivity index (χ0n) is 15.0. The van der Waals surface area contributed by atoms with Gasteiger partial charge in [-0.1, -0.05) is 12.1 Å². The van der Waals surface area contributed by atoms with Gasteiger partial charge in [-0.25, -0.2) is 9.37 Å². The third-order valence-corrected chi connectivity index (χ3v) is 4.62. The molecule has 0 aliphatic carbocycles. The van der Waals surface area contributed by atoms with Gasteiger partial charge in [-0.3, -0.25) is 0 Å². The molecule has 1 N–H and O–H groups in total. The Morgan fingerprint density at radius 1 is 1.15 bits per heavy atom. The summed E-state index contributed by atoms with van der Waals surface area (Å²) in [5.41, 5.74) is 5.97. The maximum atomic E-state index is 13.2. The second-order valence-corrected chi connectivity index (χ2v) is 6.41. The van der Waals surface area contributed by atoms with E-state index in [0.717, 1.165) is 33.7 Å². The van der Waals surface area contributed by atoms with Crippen LogP contribution in [-0.4, -0.2) is 14.5 Å². The number of nitrogens with zero attached hydrogens (tertiary/aromatic N) is 3. The number of aromatic amines is 1. The molecule has 0 amide bonds. The summed E-state index contributed by atoms with van der Waals surface area (Å²) in [4.78, 5) is 7.71. The number of fused-ring (bicyclic) bond motifs is 1. The van der Waals surface area contributed by atoms with E-state index in [2.05, 4.69) is 16.0 Å². The summed E-state index contributed by atoms with van der Waals surface area (Å²) in [6.45, 7) is 3.97. The predicted molar refractivity (Wildman–Crippen MR) is 105 cm³/mol. The zero-order chi connectivity index (χ0) is 19.0. The highest BCUT2D eigenvalue weighted by atomic mass is 19.1. The second-order valence-electron chi connectivity index (χ2n) is 6.41. The molecule has 0 bridgehead atoms. The average Bonchev–Trinajstić information content (AvgIpc) is 3.21. The number of para-hydroxylation sites is 2. The van der Waals surface area contributed by atoms with E-state index in [0.29, 0.717) is 11.4 Å². The van der Waals surface area contributed by atoms with E-state index in [1.54, 1.807) is 12.1 Å². The number of hydrogen-bond acceptors (Lipinski definition) is 2. The number of allylic oxidation sites excluding steroid dienone is 1. The van der Waals surface area contributed by atoms with Crippen molar-refractivity contribution in [3.63, 3.8) is 0 Å². The summed E-state index contributed by atoms with van der Waals surface area (Å²) in [6, 6.07) is 18.3. The Hall–Kier alpha value is -3.65. The number of nitriles is 1. The average molecular weight is 356 g/mol. The molecule has 0 radical (unpaired) electrons. The minimum atomic E-state index is -0.266. The molecule has 0 fully saturated rings. The molecule has 27 heavy (non-hydrogen) atoms. The quantitative estimate of drug-likeness (QED) is 0.515. The van der Waals surface area contributed by atoms with Crippen LogP contribution >= 0.6 is 0 Å². The normalized spacial score (nSPS) is 11.7. The van der Waals surface area contributed by atoms with E-state index in [9.17, 15) is 9.65 Å². The first-order valence-electron chi connectivity index (χ1n) is 8.58. The summed E-state index contributed by atoms with van der Waals surface area (Å²) in [5, 5.41) is 9.65. The number of hydrogen-bond donors (Lipinski definition) is 1. The molecule has 0 saturated heterocycles. The second kappa shape index (κ2) is 6.58. The van der Waals surface area contributed by atoms with Crippen LogP contribution in [-0.2, 0) is 0 Å². The van der Waals surface area contributed by atoms with Crippen molar-refractivity contribution in [2.24, 2.45) is 0 Å². The highest BCUT2D eigenvalue weighted by Crippen LogP contribution is 2.25. The largest absolute Gasteiger partial charge is 0.337 e. The maximum Gasteiger partial charge on any atom is 0.149 e. The van der Waals surface area contributed by atoms with Crippen molar-refractivity contribution in [2.45, 2.75) is 13.8 Å². The smallest absolute Gasteiger partial charge is 0.149 e. The number of aryl methyl sites for hydroxylation is 1. The first-order chi connectivity index (χ1) is 13.1. The standard InChI is InChI=1S/C22H17FN4/c1-14-11-16(15(2)27(14)19-9-7-18(23)8-10-19)12-17(13-24)22-25-20-5-3-4-6-21(20)26-22/h3-12H,1-2H3,(H,25,26). The van der Waals surface area contributed by atoms with E-state index in [1.807, 2.05) is 54.8 Å². The van der Waals surface area contributed by atoms with Crippen LogP contribution in [0.2, 0.25) is 0 Å². The van der Waals surface area contributed by atoms with Crippen molar-refractivity contribution in [1.29, 1.82) is 5.26 Å². The zero-order valence-corrected chi connectivity index (χ0v) is 15.0. The molecular formula is C22H17FN4. The molecule has 2 aromatic heterocycles. The summed E-state index contributed by atoms with van der Waals surface area (Å²) in [7, 11) is 0. The Balaban J connectivity index is 1.79. The molecule has 2 aromatic carbocycles. The maximum absolute atomic E-state index is 13.2. The van der Waals surface area contributed by atoms with Gasteiger partial charge in [-0.15, -0.1) is 0 Å². The minimum Gasteiger partial charge on any atom is -0.337 e. The molecule has 0 atom stereocenters. The highest BCUT2D eigenvalue weighted by Gasteiger charge is 2.13. The number of imidazole rings is 1. The van der Waals surface area contributed by atoms with Gasteiger partial charge in [-0.05, 0) is 68.0 Å². The van der Waals surface area contributed by atoms with Crippen molar-refractivity contribution in [2.75, 3.05) is 0 Å². The number of aromatic nitrogens is 3. The lowest BCUT2D eigenvalue weighted by Crippen LogP contribution is -1.99. The molecule has 0 spiro atoms. The van der Waals surface area contributed by atoms with Gasteiger partial charge >= 0.3 is 0 Å². The van der Waals surface area contributed by atoms with Crippen LogP contribution < -0.4 is 0 Å². The van der Waals surface area contributed by atoms with Gasteiger partial charge in [0.05, 0.1) is 16.6 Å². The third-order valence-electron chi connectivity index (χ3n) is 4.62. The summed E-state index contributed by atoms with van der Waals surface area (Å²) < 4.78 is 15.3. The Kier molecular flexibility index (Phi) is 4.09. The van der Waals surface area contributed by atoms with E-state index >= 15 is 0 Å². The van der Waals surface area contributed by atoms with Gasteiger partial charge in [0, 0.05) is 17.1 Å². The molecule has 4 nitrogen and oxygen atoms in total. The minimum absolute atomic E-state index is 0.266. The van der Waals surface area contributed by atoms with Gasteiger partial charge in [-0.2, -0.15) is 5.26 Å². The van der Waals surface area contributed by atoms with Crippen molar-refractivity contribution < 1.29 is 4.39 Å². The van der Waals surface area contributed by atoms with Crippen LogP contribution in [0.1, 0.15) is 22.8 Å². The number of H-pyrrole nitrogens is 1. The molecule has 132 valence electrons. The molecule has 2 heterocycles. The number of nitrogens with one attached hydrogen (secondary N) is 1. The summed E-state index contributed by atoms with van der Waals surface area (Å²) in [5.74, 6) is 0.281. The third kappa shape index (κ3) is 3.02. The van der Waals surface area contributed by atoms with Gasteiger partial charge < -0.3 is 9.55 Å². The molecule has 5 heteroatoms. The van der Waals surface area contributed by atoms with Crippen LogP contribution in [0.4, 0.5) is 4.39 Å². The Labute approximate surface area is 156 Å². The van der Waals surface area contributed by atoms with Crippen LogP contribution in [0.3, 0.4) is 0 Å². The van der Waals surface area contributed by atoms with Crippen molar-refractivity contribution in [3.8, 4) is 11.8 Å². The Bertz CT molecular complexity index is 1170. The molecule has 0 aliphatic rings. The Morgan fingerprint density at radius 2 is 1.89 bits per heavy atom. The number of benzene rings is 2.